The third-order valence-corrected chi connectivity index (χ3v) is 4.56. The first-order chi connectivity index (χ1) is 9.53. The van der Waals surface area contributed by atoms with E-state index in [1.807, 2.05) is 6.07 Å². The molecular formula is C12H14ClN3O3S. The third kappa shape index (κ3) is 3.69. The summed E-state index contributed by atoms with van der Waals surface area (Å²) in [5.41, 5.74) is 0.0598. The van der Waals surface area contributed by atoms with Crippen molar-refractivity contribution in [3.63, 3.8) is 0 Å². The van der Waals surface area contributed by atoms with Crippen molar-refractivity contribution in [3.8, 4) is 6.07 Å². The molecular weight excluding hydrogens is 302 g/mol. The topological polar surface area (TPSA) is 91.2 Å². The lowest BCUT2D eigenvalue weighted by atomic mass is 10.2. The van der Waals surface area contributed by atoms with Gasteiger partial charge in [0.25, 0.3) is 0 Å². The van der Waals surface area contributed by atoms with Gasteiger partial charge < -0.3 is 10.1 Å². The lowest BCUT2D eigenvalue weighted by molar-refractivity contribution is 0.0324. The molecule has 2 N–H and O–H groups in total. The van der Waals surface area contributed by atoms with Gasteiger partial charge in [0.05, 0.1) is 18.3 Å². The Bertz CT molecular complexity index is 621. The van der Waals surface area contributed by atoms with Crippen LogP contribution in [0.25, 0.3) is 0 Å². The molecule has 1 aliphatic heterocycles. The van der Waals surface area contributed by atoms with Gasteiger partial charge in [-0.05, 0) is 18.2 Å². The SMILES string of the molecule is N#Cc1ccc(Cl)cc1S(=O)(=O)NCC1CNCCO1. The summed E-state index contributed by atoms with van der Waals surface area (Å²) in [6.07, 6.45) is -0.219. The van der Waals surface area contributed by atoms with Gasteiger partial charge in [-0.2, -0.15) is 5.26 Å². The van der Waals surface area contributed by atoms with Crippen molar-refractivity contribution in [2.45, 2.75) is 11.0 Å². The van der Waals surface area contributed by atoms with Crippen molar-refractivity contribution in [2.75, 3.05) is 26.2 Å². The number of nitriles is 1. The lowest BCUT2D eigenvalue weighted by Crippen LogP contribution is -2.45. The quantitative estimate of drug-likeness (QED) is 0.843. The van der Waals surface area contributed by atoms with Crippen LogP contribution in [0.1, 0.15) is 5.56 Å². The molecule has 6 nitrogen and oxygen atoms in total. The van der Waals surface area contributed by atoms with E-state index in [9.17, 15) is 8.42 Å². The Morgan fingerprint density at radius 3 is 3.00 bits per heavy atom. The molecule has 0 aromatic heterocycles. The van der Waals surface area contributed by atoms with E-state index in [0.717, 1.165) is 6.54 Å². The molecule has 1 aromatic carbocycles. The van der Waals surface area contributed by atoms with Crippen molar-refractivity contribution < 1.29 is 13.2 Å². The molecule has 0 saturated carbocycles. The van der Waals surface area contributed by atoms with Crippen molar-refractivity contribution >= 4 is 21.6 Å². The van der Waals surface area contributed by atoms with E-state index in [1.54, 1.807) is 0 Å². The fraction of sp³-hybridized carbons (Fsp3) is 0.417. The molecule has 1 aliphatic rings. The Morgan fingerprint density at radius 1 is 1.55 bits per heavy atom. The molecule has 1 unspecified atom stereocenters. The highest BCUT2D eigenvalue weighted by atomic mass is 35.5. The molecule has 0 aliphatic carbocycles. The van der Waals surface area contributed by atoms with Gasteiger partial charge in [0, 0.05) is 24.7 Å². The van der Waals surface area contributed by atoms with Crippen LogP contribution in [0.15, 0.2) is 23.1 Å². The highest BCUT2D eigenvalue weighted by Gasteiger charge is 2.22. The second kappa shape index (κ2) is 6.52. The number of morpholine rings is 1. The van der Waals surface area contributed by atoms with E-state index < -0.39 is 10.0 Å². The molecule has 2 rings (SSSR count). The predicted octanol–water partition coefficient (Wildman–Crippen LogP) is 0.478. The fourth-order valence-corrected chi connectivity index (χ4v) is 3.33. The Balaban J connectivity index is 2.14. The van der Waals surface area contributed by atoms with Crippen LogP contribution < -0.4 is 10.0 Å². The Hall–Kier alpha value is -1.17. The van der Waals surface area contributed by atoms with Gasteiger partial charge in [-0.1, -0.05) is 11.6 Å². The summed E-state index contributed by atoms with van der Waals surface area (Å²) in [5.74, 6) is 0. The van der Waals surface area contributed by atoms with Crippen LogP contribution in [0.2, 0.25) is 5.02 Å². The monoisotopic (exact) mass is 315 g/mol. The van der Waals surface area contributed by atoms with Gasteiger partial charge in [0.1, 0.15) is 11.0 Å². The summed E-state index contributed by atoms with van der Waals surface area (Å²) in [6.45, 7) is 2.04. The van der Waals surface area contributed by atoms with Crippen LogP contribution in [-0.2, 0) is 14.8 Å². The van der Waals surface area contributed by atoms with E-state index in [0.29, 0.717) is 13.2 Å². The normalized spacial score (nSPS) is 19.5. The second-order valence-electron chi connectivity index (χ2n) is 4.30. The van der Waals surface area contributed by atoms with Gasteiger partial charge in [-0.25, -0.2) is 13.1 Å². The third-order valence-electron chi connectivity index (χ3n) is 2.86. The number of benzene rings is 1. The lowest BCUT2D eigenvalue weighted by Gasteiger charge is -2.23. The average Bonchev–Trinajstić information content (AvgIpc) is 2.46. The first kappa shape index (κ1) is 15.2. The molecule has 8 heteroatoms. The van der Waals surface area contributed by atoms with Crippen LogP contribution in [0, 0.1) is 11.3 Å². The maximum Gasteiger partial charge on any atom is 0.242 e. The Morgan fingerprint density at radius 2 is 2.35 bits per heavy atom. The van der Waals surface area contributed by atoms with Gasteiger partial charge >= 0.3 is 0 Å². The smallest absolute Gasteiger partial charge is 0.242 e. The largest absolute Gasteiger partial charge is 0.374 e. The molecule has 0 bridgehead atoms. The maximum absolute atomic E-state index is 12.2. The van der Waals surface area contributed by atoms with Crippen molar-refractivity contribution in [2.24, 2.45) is 0 Å². The number of nitrogens with zero attached hydrogens (tertiary/aromatic N) is 1. The predicted molar refractivity (Wildman–Crippen MR) is 74.0 cm³/mol. The molecule has 1 atom stereocenters. The molecule has 1 fully saturated rings. The number of nitrogens with one attached hydrogen (secondary N) is 2. The van der Waals surface area contributed by atoms with Gasteiger partial charge in [-0.15, -0.1) is 0 Å². The molecule has 1 heterocycles. The van der Waals surface area contributed by atoms with Crippen LogP contribution in [-0.4, -0.2) is 40.8 Å². The van der Waals surface area contributed by atoms with E-state index in [1.165, 1.54) is 18.2 Å². The average molecular weight is 316 g/mol. The summed E-state index contributed by atoms with van der Waals surface area (Å²) < 4.78 is 32.3. The highest BCUT2D eigenvalue weighted by molar-refractivity contribution is 7.89. The summed E-state index contributed by atoms with van der Waals surface area (Å²) >= 11 is 5.79. The Labute approximate surface area is 122 Å². The minimum Gasteiger partial charge on any atom is -0.374 e. The minimum atomic E-state index is -3.79. The maximum atomic E-state index is 12.2. The number of hydrogen-bond donors (Lipinski definition) is 2. The molecule has 0 radical (unpaired) electrons. The number of sulfonamides is 1. The van der Waals surface area contributed by atoms with Crippen LogP contribution in [0.4, 0.5) is 0 Å². The minimum absolute atomic E-state index is 0.0598. The molecule has 1 aromatic rings. The van der Waals surface area contributed by atoms with E-state index >= 15 is 0 Å². The zero-order valence-corrected chi connectivity index (χ0v) is 12.2. The molecule has 0 amide bonds. The molecule has 108 valence electrons. The molecule has 20 heavy (non-hydrogen) atoms. The summed E-state index contributed by atoms with van der Waals surface area (Å²) in [6, 6.07) is 5.98. The van der Waals surface area contributed by atoms with Gasteiger partial charge in [0.15, 0.2) is 0 Å². The fourth-order valence-electron chi connectivity index (χ4n) is 1.84. The summed E-state index contributed by atoms with van der Waals surface area (Å²) in [4.78, 5) is -0.115. The molecule has 1 saturated heterocycles. The number of rotatable bonds is 4. The zero-order valence-electron chi connectivity index (χ0n) is 10.6. The number of halogens is 1. The summed E-state index contributed by atoms with van der Waals surface area (Å²) in [7, 11) is -3.79. The van der Waals surface area contributed by atoms with Crippen molar-refractivity contribution in [1.82, 2.24) is 10.0 Å². The molecule has 0 spiro atoms. The van der Waals surface area contributed by atoms with Crippen molar-refractivity contribution in [1.29, 1.82) is 5.26 Å². The Kier molecular flexibility index (Phi) is 4.96. The van der Waals surface area contributed by atoms with Crippen LogP contribution in [0.5, 0.6) is 0 Å². The number of hydrogen-bond acceptors (Lipinski definition) is 5. The van der Waals surface area contributed by atoms with Crippen LogP contribution in [0.3, 0.4) is 0 Å². The standard InChI is InChI=1S/C12H14ClN3O3S/c13-10-2-1-9(6-14)12(5-10)20(17,18)16-8-11-7-15-3-4-19-11/h1-2,5,11,15-16H,3-4,7-8H2. The zero-order chi connectivity index (χ0) is 14.6. The van der Waals surface area contributed by atoms with Gasteiger partial charge in [0.2, 0.25) is 10.0 Å². The summed E-state index contributed by atoms with van der Waals surface area (Å²) in [5, 5.41) is 12.3. The first-order valence-electron chi connectivity index (χ1n) is 6.04. The highest BCUT2D eigenvalue weighted by Crippen LogP contribution is 2.20. The van der Waals surface area contributed by atoms with Gasteiger partial charge in [-0.3, -0.25) is 0 Å². The van der Waals surface area contributed by atoms with E-state index in [-0.39, 0.29) is 28.1 Å². The number of ether oxygens (including phenoxy) is 1. The van der Waals surface area contributed by atoms with Crippen LogP contribution >= 0.6 is 11.6 Å². The van der Waals surface area contributed by atoms with Crippen molar-refractivity contribution in [3.05, 3.63) is 28.8 Å². The van der Waals surface area contributed by atoms with E-state index in [4.69, 9.17) is 21.6 Å². The first-order valence-corrected chi connectivity index (χ1v) is 7.90. The second-order valence-corrected chi connectivity index (χ2v) is 6.47. The van der Waals surface area contributed by atoms with E-state index in [2.05, 4.69) is 10.0 Å².